The fraction of sp³-hybridized carbons (Fsp3) is 0.250. The van der Waals surface area contributed by atoms with Crippen molar-refractivity contribution in [3.8, 4) is 0 Å². The Kier molecular flexibility index (Phi) is 3.31. The Morgan fingerprint density at radius 2 is 2.13 bits per heavy atom. The van der Waals surface area contributed by atoms with Gasteiger partial charge in [-0.2, -0.15) is 0 Å². The van der Waals surface area contributed by atoms with Gasteiger partial charge in [0.05, 0.1) is 0 Å². The predicted molar refractivity (Wildman–Crippen MR) is 56.3 cm³/mol. The van der Waals surface area contributed by atoms with Gasteiger partial charge in [0.2, 0.25) is 5.91 Å². The maximum atomic E-state index is 11.1. The predicted octanol–water partition coefficient (Wildman–Crippen LogP) is 1.28. The van der Waals surface area contributed by atoms with Crippen LogP contribution in [0.2, 0.25) is 0 Å². The van der Waals surface area contributed by atoms with Gasteiger partial charge in [0.15, 0.2) is 5.03 Å². The minimum Gasteiger partial charge on any atom is -0.326 e. The van der Waals surface area contributed by atoms with Crippen LogP contribution in [0.3, 0.4) is 0 Å². The molecule has 1 N–H and O–H groups in total. The number of aromatic nitrogens is 1. The topological polar surface area (TPSA) is 76.1 Å². The molecule has 0 aliphatic carbocycles. The van der Waals surface area contributed by atoms with Crippen molar-refractivity contribution in [1.82, 2.24) is 4.98 Å². The first-order chi connectivity index (χ1) is 6.82. The van der Waals surface area contributed by atoms with Gasteiger partial charge in [-0.1, -0.05) is 0 Å². The Labute approximate surface area is 91.9 Å². The van der Waals surface area contributed by atoms with Crippen LogP contribution in [-0.4, -0.2) is 19.3 Å². The molecule has 0 bridgehead atoms. The summed E-state index contributed by atoms with van der Waals surface area (Å²) in [6, 6.07) is 1.50. The number of rotatable bonds is 2. The van der Waals surface area contributed by atoms with Gasteiger partial charge < -0.3 is 5.32 Å². The number of nitrogens with zero attached hydrogens (tertiary/aromatic N) is 1. The average molecular weight is 249 g/mol. The third kappa shape index (κ3) is 2.90. The van der Waals surface area contributed by atoms with Crippen molar-refractivity contribution in [2.24, 2.45) is 0 Å². The lowest BCUT2D eigenvalue weighted by atomic mass is 10.2. The highest BCUT2D eigenvalue weighted by atomic mass is 35.7. The van der Waals surface area contributed by atoms with Crippen LogP contribution >= 0.6 is 10.7 Å². The molecule has 0 saturated heterocycles. The number of anilines is 1. The Morgan fingerprint density at radius 1 is 1.53 bits per heavy atom. The highest BCUT2D eigenvalue weighted by Gasteiger charge is 2.17. The van der Waals surface area contributed by atoms with Crippen molar-refractivity contribution in [1.29, 1.82) is 0 Å². The van der Waals surface area contributed by atoms with Crippen LogP contribution in [-0.2, 0) is 13.8 Å². The van der Waals surface area contributed by atoms with E-state index in [1.807, 2.05) is 0 Å². The Hall–Kier alpha value is -1.14. The monoisotopic (exact) mass is 248 g/mol. The van der Waals surface area contributed by atoms with Crippen LogP contribution in [0.15, 0.2) is 17.3 Å². The molecule has 1 rings (SSSR count). The van der Waals surface area contributed by atoms with E-state index in [-0.39, 0.29) is 10.9 Å². The standard InChI is InChI=1S/C8H9ClN2O3S/c1-5-7(11-6(2)12)3-4-10-8(5)15(9,13)14/h3-4H,1-2H3,(H,10,11,12). The Balaban J connectivity index is 3.30. The Morgan fingerprint density at radius 3 is 2.60 bits per heavy atom. The third-order valence-electron chi connectivity index (χ3n) is 1.70. The first kappa shape index (κ1) is 11.9. The van der Waals surface area contributed by atoms with Gasteiger partial charge in [0.1, 0.15) is 0 Å². The molecule has 82 valence electrons. The average Bonchev–Trinajstić information content (AvgIpc) is 2.05. The van der Waals surface area contributed by atoms with Crippen LogP contribution in [0, 0.1) is 6.92 Å². The van der Waals surface area contributed by atoms with Crippen LogP contribution in [0.5, 0.6) is 0 Å². The highest BCUT2D eigenvalue weighted by Crippen LogP contribution is 2.23. The highest BCUT2D eigenvalue weighted by molar-refractivity contribution is 8.13. The number of carbonyl (C=O) groups excluding carboxylic acids is 1. The molecule has 0 aliphatic rings. The van der Waals surface area contributed by atoms with Crippen molar-refractivity contribution >= 4 is 31.3 Å². The summed E-state index contributed by atoms with van der Waals surface area (Å²) in [6.45, 7) is 2.85. The fourth-order valence-corrected chi connectivity index (χ4v) is 2.22. The lowest BCUT2D eigenvalue weighted by Crippen LogP contribution is -2.09. The molecule has 7 heteroatoms. The molecule has 0 spiro atoms. The Bertz CT molecular complexity index is 499. The molecule has 0 aliphatic heterocycles. The van der Waals surface area contributed by atoms with Crippen molar-refractivity contribution < 1.29 is 13.2 Å². The number of halogens is 1. The minimum atomic E-state index is -3.88. The molecule has 0 aromatic carbocycles. The number of hydrogen-bond donors (Lipinski definition) is 1. The lowest BCUT2D eigenvalue weighted by Gasteiger charge is -2.07. The van der Waals surface area contributed by atoms with E-state index < -0.39 is 9.05 Å². The molecular formula is C8H9ClN2O3S. The maximum Gasteiger partial charge on any atom is 0.278 e. The van der Waals surface area contributed by atoms with Gasteiger partial charge in [-0.15, -0.1) is 0 Å². The van der Waals surface area contributed by atoms with Crippen LogP contribution in [0.1, 0.15) is 12.5 Å². The molecular weight excluding hydrogens is 240 g/mol. The number of pyridine rings is 1. The first-order valence-electron chi connectivity index (χ1n) is 4.00. The molecule has 0 unspecified atom stereocenters. The molecule has 0 atom stereocenters. The van der Waals surface area contributed by atoms with E-state index in [1.165, 1.54) is 26.1 Å². The summed E-state index contributed by atoms with van der Waals surface area (Å²) < 4.78 is 22.2. The van der Waals surface area contributed by atoms with Crippen LogP contribution in [0.25, 0.3) is 0 Å². The summed E-state index contributed by atoms with van der Waals surface area (Å²) in [4.78, 5) is 14.5. The quantitative estimate of drug-likeness (QED) is 0.800. The second-order valence-electron chi connectivity index (χ2n) is 2.91. The summed E-state index contributed by atoms with van der Waals surface area (Å²) in [5.74, 6) is -0.290. The lowest BCUT2D eigenvalue weighted by molar-refractivity contribution is -0.114. The van der Waals surface area contributed by atoms with Crippen LogP contribution < -0.4 is 5.32 Å². The van der Waals surface area contributed by atoms with Crippen molar-refractivity contribution in [2.75, 3.05) is 5.32 Å². The summed E-state index contributed by atoms with van der Waals surface area (Å²) >= 11 is 0. The third-order valence-corrected chi connectivity index (χ3v) is 3.01. The summed E-state index contributed by atoms with van der Waals surface area (Å²) in [6.07, 6.45) is 1.27. The molecule has 5 nitrogen and oxygen atoms in total. The first-order valence-corrected chi connectivity index (χ1v) is 6.31. The van der Waals surface area contributed by atoms with E-state index in [9.17, 15) is 13.2 Å². The molecule has 1 aromatic rings. The van der Waals surface area contributed by atoms with E-state index in [4.69, 9.17) is 10.7 Å². The van der Waals surface area contributed by atoms with Crippen molar-refractivity contribution in [2.45, 2.75) is 18.9 Å². The SMILES string of the molecule is CC(=O)Nc1ccnc(S(=O)(=O)Cl)c1C. The normalized spacial score (nSPS) is 11.1. The maximum absolute atomic E-state index is 11.1. The zero-order valence-corrected chi connectivity index (χ0v) is 9.69. The second kappa shape index (κ2) is 4.16. The van der Waals surface area contributed by atoms with E-state index in [0.717, 1.165) is 0 Å². The molecule has 15 heavy (non-hydrogen) atoms. The van der Waals surface area contributed by atoms with Gasteiger partial charge in [0, 0.05) is 35.1 Å². The zero-order valence-electron chi connectivity index (χ0n) is 8.11. The van der Waals surface area contributed by atoms with Gasteiger partial charge in [-0.05, 0) is 13.0 Å². The van der Waals surface area contributed by atoms with Gasteiger partial charge >= 0.3 is 0 Å². The number of carbonyl (C=O) groups is 1. The molecule has 0 saturated carbocycles. The minimum absolute atomic E-state index is 0.240. The number of amides is 1. The fourth-order valence-electron chi connectivity index (χ4n) is 1.09. The number of nitrogens with one attached hydrogen (secondary N) is 1. The van der Waals surface area contributed by atoms with Crippen LogP contribution in [0.4, 0.5) is 5.69 Å². The molecule has 1 heterocycles. The van der Waals surface area contributed by atoms with E-state index >= 15 is 0 Å². The molecule has 1 aromatic heterocycles. The van der Waals surface area contributed by atoms with E-state index in [1.54, 1.807) is 0 Å². The molecule has 0 radical (unpaired) electrons. The number of hydrogen-bond acceptors (Lipinski definition) is 4. The summed E-state index contributed by atoms with van der Waals surface area (Å²) in [7, 11) is 1.29. The van der Waals surface area contributed by atoms with E-state index in [2.05, 4.69) is 10.3 Å². The molecule has 0 fully saturated rings. The van der Waals surface area contributed by atoms with Crippen molar-refractivity contribution in [3.63, 3.8) is 0 Å². The summed E-state index contributed by atoms with van der Waals surface area (Å²) in [5.41, 5.74) is 0.708. The summed E-state index contributed by atoms with van der Waals surface area (Å²) in [5, 5.41) is 2.24. The van der Waals surface area contributed by atoms with Gasteiger partial charge in [-0.3, -0.25) is 4.79 Å². The van der Waals surface area contributed by atoms with Crippen molar-refractivity contribution in [3.05, 3.63) is 17.8 Å². The molecule has 1 amide bonds. The van der Waals surface area contributed by atoms with E-state index in [0.29, 0.717) is 11.3 Å². The van der Waals surface area contributed by atoms with Gasteiger partial charge in [-0.25, -0.2) is 13.4 Å². The largest absolute Gasteiger partial charge is 0.326 e. The second-order valence-corrected chi connectivity index (χ2v) is 5.39. The smallest absolute Gasteiger partial charge is 0.278 e. The van der Waals surface area contributed by atoms with Gasteiger partial charge in [0.25, 0.3) is 9.05 Å². The zero-order chi connectivity index (χ0) is 11.6.